The van der Waals surface area contributed by atoms with Crippen LogP contribution in [0.2, 0.25) is 0 Å². The number of benzene rings is 1. The molecule has 1 aromatic carbocycles. The summed E-state index contributed by atoms with van der Waals surface area (Å²) in [5.41, 5.74) is 0.612. The predicted molar refractivity (Wildman–Crippen MR) is 89.8 cm³/mol. The van der Waals surface area contributed by atoms with Gasteiger partial charge >= 0.3 is 12.0 Å². The van der Waals surface area contributed by atoms with Gasteiger partial charge in [0.25, 0.3) is 0 Å². The largest absolute Gasteiger partial charge is 0.445 e. The summed E-state index contributed by atoms with van der Waals surface area (Å²) in [6, 6.07) is 5.88. The summed E-state index contributed by atoms with van der Waals surface area (Å²) in [5, 5.41) is 7.70. The number of hydrogen-bond acceptors (Lipinski definition) is 4. The SMILES string of the molecule is CCC[C@H](NC(=O)Nc1ccc(Br)cc1)C(=O)NCOC(C)=O. The number of esters is 1. The normalized spacial score (nSPS) is 11.3. The van der Waals surface area contributed by atoms with Gasteiger partial charge in [0.2, 0.25) is 5.91 Å². The van der Waals surface area contributed by atoms with Crippen molar-refractivity contribution in [3.05, 3.63) is 28.7 Å². The maximum absolute atomic E-state index is 12.0. The van der Waals surface area contributed by atoms with Crippen molar-refractivity contribution in [1.29, 1.82) is 0 Å². The summed E-state index contributed by atoms with van der Waals surface area (Å²) in [6.07, 6.45) is 1.18. The highest BCUT2D eigenvalue weighted by molar-refractivity contribution is 9.10. The summed E-state index contributed by atoms with van der Waals surface area (Å²) in [5.74, 6) is -0.891. The van der Waals surface area contributed by atoms with Crippen LogP contribution in [0, 0.1) is 0 Å². The van der Waals surface area contributed by atoms with E-state index in [-0.39, 0.29) is 6.73 Å². The lowest BCUT2D eigenvalue weighted by molar-refractivity contribution is -0.143. The maximum atomic E-state index is 12.0. The molecule has 0 unspecified atom stereocenters. The van der Waals surface area contributed by atoms with E-state index in [1.807, 2.05) is 6.92 Å². The molecule has 0 aromatic heterocycles. The van der Waals surface area contributed by atoms with Gasteiger partial charge in [-0.3, -0.25) is 9.59 Å². The number of anilines is 1. The number of amides is 3. The number of carbonyl (C=O) groups is 3. The van der Waals surface area contributed by atoms with Gasteiger partial charge in [-0.15, -0.1) is 0 Å². The van der Waals surface area contributed by atoms with Gasteiger partial charge in [-0.1, -0.05) is 29.3 Å². The van der Waals surface area contributed by atoms with Gasteiger partial charge in [-0.2, -0.15) is 0 Å². The van der Waals surface area contributed by atoms with Crippen molar-refractivity contribution in [1.82, 2.24) is 10.6 Å². The predicted octanol–water partition coefficient (Wildman–Crippen LogP) is 2.38. The van der Waals surface area contributed by atoms with Crippen molar-refractivity contribution in [3.63, 3.8) is 0 Å². The van der Waals surface area contributed by atoms with E-state index in [2.05, 4.69) is 36.6 Å². The first-order chi connectivity index (χ1) is 10.9. The molecule has 1 rings (SSSR count). The van der Waals surface area contributed by atoms with Gasteiger partial charge < -0.3 is 20.7 Å². The van der Waals surface area contributed by atoms with E-state index in [1.54, 1.807) is 24.3 Å². The van der Waals surface area contributed by atoms with Crippen molar-refractivity contribution in [3.8, 4) is 0 Å². The Balaban J connectivity index is 2.52. The number of ether oxygens (including phenoxy) is 1. The monoisotopic (exact) mass is 385 g/mol. The lowest BCUT2D eigenvalue weighted by Gasteiger charge is -2.18. The first kappa shape index (κ1) is 19.0. The molecule has 0 aliphatic carbocycles. The number of rotatable bonds is 7. The molecule has 1 atom stereocenters. The van der Waals surface area contributed by atoms with Crippen LogP contribution in [0.25, 0.3) is 0 Å². The van der Waals surface area contributed by atoms with Crippen molar-refractivity contribution < 1.29 is 19.1 Å². The molecule has 0 saturated heterocycles. The van der Waals surface area contributed by atoms with Crippen LogP contribution in [0.4, 0.5) is 10.5 Å². The molecule has 0 radical (unpaired) electrons. The highest BCUT2D eigenvalue weighted by atomic mass is 79.9. The zero-order chi connectivity index (χ0) is 17.2. The zero-order valence-electron chi connectivity index (χ0n) is 13.0. The number of nitrogens with one attached hydrogen (secondary N) is 3. The van der Waals surface area contributed by atoms with Gasteiger partial charge in [0.05, 0.1) is 0 Å². The second-order valence-corrected chi connectivity index (χ2v) is 5.68. The summed E-state index contributed by atoms with van der Waals surface area (Å²) >= 11 is 3.31. The molecule has 0 heterocycles. The fraction of sp³-hybridized carbons (Fsp3) is 0.400. The van der Waals surface area contributed by atoms with E-state index < -0.39 is 23.9 Å². The van der Waals surface area contributed by atoms with Crippen LogP contribution >= 0.6 is 15.9 Å². The van der Waals surface area contributed by atoms with Crippen LogP contribution in [-0.2, 0) is 14.3 Å². The second kappa shape index (κ2) is 9.83. The number of urea groups is 1. The molecular weight excluding hydrogens is 366 g/mol. The molecule has 7 nitrogen and oxygen atoms in total. The Morgan fingerprint density at radius 1 is 1.22 bits per heavy atom. The van der Waals surface area contributed by atoms with Crippen molar-refractivity contribution >= 4 is 39.5 Å². The van der Waals surface area contributed by atoms with Crippen molar-refractivity contribution in [2.45, 2.75) is 32.7 Å². The summed E-state index contributed by atoms with van der Waals surface area (Å²) in [7, 11) is 0. The van der Waals surface area contributed by atoms with Gasteiger partial charge in [0.1, 0.15) is 6.04 Å². The first-order valence-corrected chi connectivity index (χ1v) is 7.95. The molecule has 126 valence electrons. The lowest BCUT2D eigenvalue weighted by Crippen LogP contribution is -2.48. The Kier molecular flexibility index (Phi) is 8.10. The molecule has 23 heavy (non-hydrogen) atoms. The molecule has 8 heteroatoms. The smallest absolute Gasteiger partial charge is 0.319 e. The Morgan fingerprint density at radius 2 is 1.87 bits per heavy atom. The van der Waals surface area contributed by atoms with Crippen molar-refractivity contribution in [2.24, 2.45) is 0 Å². The van der Waals surface area contributed by atoms with Gasteiger partial charge in [-0.05, 0) is 30.7 Å². The summed E-state index contributed by atoms with van der Waals surface area (Å²) in [4.78, 5) is 34.6. The van der Waals surface area contributed by atoms with Crippen LogP contribution in [0.5, 0.6) is 0 Å². The summed E-state index contributed by atoms with van der Waals surface area (Å²) < 4.78 is 5.55. The zero-order valence-corrected chi connectivity index (χ0v) is 14.6. The number of carbonyl (C=O) groups excluding carboxylic acids is 3. The average molecular weight is 386 g/mol. The van der Waals surface area contributed by atoms with Crippen molar-refractivity contribution in [2.75, 3.05) is 12.0 Å². The fourth-order valence-corrected chi connectivity index (χ4v) is 2.01. The molecule has 3 N–H and O–H groups in total. The third-order valence-corrected chi connectivity index (χ3v) is 3.35. The Labute approximate surface area is 143 Å². The minimum atomic E-state index is -0.703. The Bertz CT molecular complexity index is 548. The molecule has 3 amide bonds. The van der Waals surface area contributed by atoms with E-state index in [0.29, 0.717) is 18.5 Å². The highest BCUT2D eigenvalue weighted by Gasteiger charge is 2.19. The number of hydrogen-bond donors (Lipinski definition) is 3. The van der Waals surface area contributed by atoms with Gasteiger partial charge in [0, 0.05) is 17.1 Å². The van der Waals surface area contributed by atoms with E-state index in [1.165, 1.54) is 6.92 Å². The van der Waals surface area contributed by atoms with Crippen LogP contribution in [0.1, 0.15) is 26.7 Å². The molecule has 0 fully saturated rings. The summed E-state index contributed by atoms with van der Waals surface area (Å²) in [6.45, 7) is 2.94. The van der Waals surface area contributed by atoms with Crippen LogP contribution < -0.4 is 16.0 Å². The highest BCUT2D eigenvalue weighted by Crippen LogP contribution is 2.14. The quantitative estimate of drug-likeness (QED) is 0.495. The third-order valence-electron chi connectivity index (χ3n) is 2.82. The molecule has 1 aromatic rings. The third kappa shape index (κ3) is 7.64. The van der Waals surface area contributed by atoms with E-state index >= 15 is 0 Å². The standard InChI is InChI=1S/C15H20BrN3O4/c1-3-4-13(14(21)17-9-23-10(2)20)19-15(22)18-12-7-5-11(16)6-8-12/h5-8,13H,3-4,9H2,1-2H3,(H,17,21)(H2,18,19,22)/t13-/m0/s1. The van der Waals surface area contributed by atoms with Gasteiger partial charge in [0.15, 0.2) is 6.73 Å². The Morgan fingerprint density at radius 3 is 2.43 bits per heavy atom. The molecule has 0 bridgehead atoms. The second-order valence-electron chi connectivity index (χ2n) is 4.77. The average Bonchev–Trinajstić information content (AvgIpc) is 2.48. The van der Waals surface area contributed by atoms with Crippen LogP contribution in [-0.4, -0.2) is 30.7 Å². The van der Waals surface area contributed by atoms with E-state index in [0.717, 1.165) is 4.47 Å². The minimum absolute atomic E-state index is 0.218. The van der Waals surface area contributed by atoms with Crippen LogP contribution in [0.3, 0.4) is 0 Å². The minimum Gasteiger partial charge on any atom is -0.445 e. The molecular formula is C15H20BrN3O4. The van der Waals surface area contributed by atoms with E-state index in [4.69, 9.17) is 0 Å². The molecule has 0 aliphatic rings. The fourth-order valence-electron chi connectivity index (χ4n) is 1.75. The van der Waals surface area contributed by atoms with Gasteiger partial charge in [-0.25, -0.2) is 4.79 Å². The first-order valence-electron chi connectivity index (χ1n) is 7.16. The molecule has 0 saturated carbocycles. The lowest BCUT2D eigenvalue weighted by atomic mass is 10.1. The maximum Gasteiger partial charge on any atom is 0.319 e. The van der Waals surface area contributed by atoms with E-state index in [9.17, 15) is 14.4 Å². The molecule has 0 aliphatic heterocycles. The Hall–Kier alpha value is -2.09. The number of halogens is 1. The van der Waals surface area contributed by atoms with Crippen LogP contribution in [0.15, 0.2) is 28.7 Å². The topological polar surface area (TPSA) is 96.5 Å². The molecule has 0 spiro atoms.